The molecule has 0 saturated carbocycles. The largest absolute Gasteiger partial charge is 0.408 e. The van der Waals surface area contributed by atoms with Gasteiger partial charge in [0.2, 0.25) is 5.89 Å². The summed E-state index contributed by atoms with van der Waals surface area (Å²) in [6.45, 7) is 4.32. The molecule has 6 nitrogen and oxygen atoms in total. The molecule has 3 rings (SSSR count). The van der Waals surface area contributed by atoms with Gasteiger partial charge in [0.1, 0.15) is 0 Å². The molecule has 1 aliphatic rings. The van der Waals surface area contributed by atoms with Crippen molar-refractivity contribution in [2.75, 3.05) is 31.1 Å². The Morgan fingerprint density at radius 1 is 1.27 bits per heavy atom. The van der Waals surface area contributed by atoms with E-state index < -0.39 is 0 Å². The van der Waals surface area contributed by atoms with Crippen LogP contribution in [-0.4, -0.2) is 47.2 Å². The zero-order valence-corrected chi connectivity index (χ0v) is 14.3. The van der Waals surface area contributed by atoms with Gasteiger partial charge in [-0.15, -0.1) is 5.10 Å². The van der Waals surface area contributed by atoms with Gasteiger partial charge in [0.25, 0.3) is 5.91 Å². The summed E-state index contributed by atoms with van der Waals surface area (Å²) in [5, 5.41) is 8.42. The minimum atomic E-state index is -0.00118. The molecule has 1 saturated heterocycles. The number of benzene rings is 1. The van der Waals surface area contributed by atoms with Gasteiger partial charge < -0.3 is 14.2 Å². The molecule has 1 aromatic heterocycles. The van der Waals surface area contributed by atoms with Crippen LogP contribution in [-0.2, 0) is 0 Å². The minimum Gasteiger partial charge on any atom is -0.408 e. The smallest absolute Gasteiger partial charge is 0.318 e. The van der Waals surface area contributed by atoms with E-state index in [2.05, 4.69) is 26.1 Å². The maximum Gasteiger partial charge on any atom is 0.318 e. The Bertz CT molecular complexity index is 698. The number of rotatable bonds is 2. The lowest BCUT2D eigenvalue weighted by Gasteiger charge is -2.33. The van der Waals surface area contributed by atoms with E-state index in [9.17, 15) is 4.79 Å². The molecule has 2 heterocycles. The fourth-order valence-electron chi connectivity index (χ4n) is 2.33. The molecule has 0 aliphatic carbocycles. The van der Waals surface area contributed by atoms with Gasteiger partial charge in [0.05, 0.1) is 5.02 Å². The van der Waals surface area contributed by atoms with Crippen LogP contribution < -0.4 is 4.90 Å². The van der Waals surface area contributed by atoms with E-state index in [0.29, 0.717) is 48.7 Å². The highest BCUT2D eigenvalue weighted by atomic mass is 79.9. The van der Waals surface area contributed by atoms with Crippen molar-refractivity contribution in [2.24, 2.45) is 0 Å². The molecule has 8 heteroatoms. The first-order valence-corrected chi connectivity index (χ1v) is 8.01. The molecule has 1 amide bonds. The van der Waals surface area contributed by atoms with Crippen LogP contribution in [0.25, 0.3) is 0 Å². The van der Waals surface area contributed by atoms with Crippen molar-refractivity contribution in [2.45, 2.75) is 6.92 Å². The van der Waals surface area contributed by atoms with Gasteiger partial charge in [0, 0.05) is 43.1 Å². The number of aryl methyl sites for hydroxylation is 1. The van der Waals surface area contributed by atoms with Crippen molar-refractivity contribution in [1.29, 1.82) is 0 Å². The maximum absolute atomic E-state index is 12.5. The SMILES string of the molecule is Cc1nnc(N2CCN(C(=O)c3ccc(Cl)c(Br)c3)CC2)o1. The summed E-state index contributed by atoms with van der Waals surface area (Å²) in [6.07, 6.45) is 0. The summed E-state index contributed by atoms with van der Waals surface area (Å²) in [6, 6.07) is 5.72. The molecule has 2 aromatic rings. The van der Waals surface area contributed by atoms with E-state index in [-0.39, 0.29) is 5.91 Å². The van der Waals surface area contributed by atoms with E-state index >= 15 is 0 Å². The highest BCUT2D eigenvalue weighted by molar-refractivity contribution is 9.10. The fourth-order valence-corrected chi connectivity index (χ4v) is 2.82. The van der Waals surface area contributed by atoms with Gasteiger partial charge in [-0.25, -0.2) is 0 Å². The lowest BCUT2D eigenvalue weighted by molar-refractivity contribution is 0.0745. The van der Waals surface area contributed by atoms with E-state index in [1.165, 1.54) is 0 Å². The number of aromatic nitrogens is 2. The van der Waals surface area contributed by atoms with Crippen molar-refractivity contribution in [3.63, 3.8) is 0 Å². The molecule has 1 aliphatic heterocycles. The highest BCUT2D eigenvalue weighted by Gasteiger charge is 2.24. The van der Waals surface area contributed by atoms with Crippen LogP contribution >= 0.6 is 27.5 Å². The minimum absolute atomic E-state index is 0.00118. The molecule has 0 atom stereocenters. The van der Waals surface area contributed by atoms with E-state index in [0.717, 1.165) is 4.47 Å². The Morgan fingerprint density at radius 3 is 2.59 bits per heavy atom. The van der Waals surface area contributed by atoms with Gasteiger partial charge in [-0.2, -0.15) is 0 Å². The number of carbonyl (C=O) groups excluding carboxylic acids is 1. The zero-order chi connectivity index (χ0) is 15.7. The van der Waals surface area contributed by atoms with Crippen molar-refractivity contribution in [3.8, 4) is 0 Å². The summed E-state index contributed by atoms with van der Waals surface area (Å²) >= 11 is 9.30. The predicted molar refractivity (Wildman–Crippen MR) is 86.3 cm³/mol. The zero-order valence-electron chi connectivity index (χ0n) is 11.9. The Balaban J connectivity index is 1.65. The Labute approximate surface area is 141 Å². The first-order chi connectivity index (χ1) is 10.5. The quantitative estimate of drug-likeness (QED) is 0.795. The maximum atomic E-state index is 12.5. The van der Waals surface area contributed by atoms with Crippen molar-refractivity contribution < 1.29 is 9.21 Å². The van der Waals surface area contributed by atoms with Gasteiger partial charge >= 0.3 is 6.01 Å². The van der Waals surface area contributed by atoms with Crippen LogP contribution in [0.5, 0.6) is 0 Å². The average molecular weight is 386 g/mol. The topological polar surface area (TPSA) is 62.5 Å². The lowest BCUT2D eigenvalue weighted by Crippen LogP contribution is -2.49. The van der Waals surface area contributed by atoms with Gasteiger partial charge in [-0.1, -0.05) is 16.7 Å². The Morgan fingerprint density at radius 2 is 2.00 bits per heavy atom. The molecule has 116 valence electrons. The number of amides is 1. The number of hydrogen-bond donors (Lipinski definition) is 0. The summed E-state index contributed by atoms with van der Waals surface area (Å²) in [5.74, 6) is 0.540. The van der Waals surface area contributed by atoms with Crippen molar-refractivity contribution in [3.05, 3.63) is 39.1 Å². The monoisotopic (exact) mass is 384 g/mol. The second kappa shape index (κ2) is 6.26. The highest BCUT2D eigenvalue weighted by Crippen LogP contribution is 2.24. The molecule has 0 unspecified atom stereocenters. The van der Waals surface area contributed by atoms with Crippen LogP contribution in [0.1, 0.15) is 16.2 Å². The van der Waals surface area contributed by atoms with Crippen molar-refractivity contribution in [1.82, 2.24) is 15.1 Å². The summed E-state index contributed by atoms with van der Waals surface area (Å²) in [7, 11) is 0. The van der Waals surface area contributed by atoms with E-state index in [4.69, 9.17) is 16.0 Å². The van der Waals surface area contributed by atoms with Crippen LogP contribution in [0.2, 0.25) is 5.02 Å². The van der Waals surface area contributed by atoms with Gasteiger partial charge in [0.15, 0.2) is 0 Å². The van der Waals surface area contributed by atoms with Gasteiger partial charge in [-0.05, 0) is 34.1 Å². The van der Waals surface area contributed by atoms with E-state index in [1.807, 2.05) is 9.80 Å². The van der Waals surface area contributed by atoms with Crippen LogP contribution in [0, 0.1) is 6.92 Å². The molecule has 0 radical (unpaired) electrons. The summed E-state index contributed by atoms with van der Waals surface area (Å²) in [5.41, 5.74) is 0.623. The summed E-state index contributed by atoms with van der Waals surface area (Å²) < 4.78 is 6.13. The van der Waals surface area contributed by atoms with E-state index in [1.54, 1.807) is 25.1 Å². The molecular weight excluding hydrogens is 372 g/mol. The first kappa shape index (κ1) is 15.3. The second-order valence-electron chi connectivity index (χ2n) is 5.01. The fraction of sp³-hybridized carbons (Fsp3) is 0.357. The summed E-state index contributed by atoms with van der Waals surface area (Å²) in [4.78, 5) is 16.3. The average Bonchev–Trinajstić information content (AvgIpc) is 2.96. The third-order valence-corrected chi connectivity index (χ3v) is 4.73. The predicted octanol–water partition coefficient (Wildman–Crippen LogP) is 2.76. The first-order valence-electron chi connectivity index (χ1n) is 6.84. The van der Waals surface area contributed by atoms with Crippen LogP contribution in [0.3, 0.4) is 0 Å². The number of hydrogen-bond acceptors (Lipinski definition) is 5. The third-order valence-electron chi connectivity index (χ3n) is 3.52. The molecular formula is C14H14BrClN4O2. The molecule has 22 heavy (non-hydrogen) atoms. The Kier molecular flexibility index (Phi) is 4.35. The van der Waals surface area contributed by atoms with Crippen LogP contribution in [0.4, 0.5) is 6.01 Å². The number of anilines is 1. The van der Waals surface area contributed by atoms with Crippen LogP contribution in [0.15, 0.2) is 27.1 Å². The number of halogens is 2. The molecule has 1 fully saturated rings. The third kappa shape index (κ3) is 3.10. The number of carbonyl (C=O) groups is 1. The number of piperazine rings is 1. The van der Waals surface area contributed by atoms with Crippen molar-refractivity contribution >= 4 is 39.5 Å². The molecule has 0 N–H and O–H groups in total. The molecule has 0 spiro atoms. The number of nitrogens with zero attached hydrogens (tertiary/aromatic N) is 4. The Hall–Kier alpha value is -1.60. The lowest BCUT2D eigenvalue weighted by atomic mass is 10.2. The molecule has 0 bridgehead atoms. The normalized spacial score (nSPS) is 15.2. The van der Waals surface area contributed by atoms with Gasteiger partial charge in [-0.3, -0.25) is 4.79 Å². The second-order valence-corrected chi connectivity index (χ2v) is 6.27. The molecule has 1 aromatic carbocycles. The standard InChI is InChI=1S/C14H14BrClN4O2/c1-9-17-18-14(22-9)20-6-4-19(5-7-20)13(21)10-2-3-12(16)11(15)8-10/h2-3,8H,4-7H2,1H3.